The summed E-state index contributed by atoms with van der Waals surface area (Å²) < 4.78 is 5.76. The molecule has 0 radical (unpaired) electrons. The first-order valence-electron chi connectivity index (χ1n) is 10.5. The SMILES string of the molecule is C[C@@H](NC(=O)CCCNC(=O)c1ccc(Cl)cc1)c1ccc(OCc2cccnc2)cc1. The Morgan fingerprint density at radius 1 is 1.06 bits per heavy atom. The first kappa shape index (κ1) is 23.3. The number of carbonyl (C=O) groups excluding carboxylic acids is 2. The van der Waals surface area contributed by atoms with Crippen molar-refractivity contribution in [3.05, 3.63) is 94.8 Å². The molecule has 7 heteroatoms. The Morgan fingerprint density at radius 2 is 1.81 bits per heavy atom. The van der Waals surface area contributed by atoms with Crippen molar-refractivity contribution < 1.29 is 14.3 Å². The molecular formula is C25H26ClN3O3. The van der Waals surface area contributed by atoms with Crippen LogP contribution in [-0.4, -0.2) is 23.3 Å². The summed E-state index contributed by atoms with van der Waals surface area (Å²) in [4.78, 5) is 28.4. The highest BCUT2D eigenvalue weighted by Crippen LogP contribution is 2.19. The van der Waals surface area contributed by atoms with Crippen molar-refractivity contribution in [1.82, 2.24) is 15.6 Å². The van der Waals surface area contributed by atoms with Crippen LogP contribution in [0.4, 0.5) is 0 Å². The number of hydrogen-bond donors (Lipinski definition) is 2. The molecule has 0 fully saturated rings. The molecule has 2 amide bonds. The maximum atomic E-state index is 12.2. The number of carbonyl (C=O) groups is 2. The molecule has 166 valence electrons. The van der Waals surface area contributed by atoms with Crippen LogP contribution in [0.1, 0.15) is 47.3 Å². The lowest BCUT2D eigenvalue weighted by atomic mass is 10.1. The Hall–Kier alpha value is -3.38. The summed E-state index contributed by atoms with van der Waals surface area (Å²) >= 11 is 5.82. The van der Waals surface area contributed by atoms with Gasteiger partial charge in [0.25, 0.3) is 5.91 Å². The van der Waals surface area contributed by atoms with E-state index in [1.54, 1.807) is 36.7 Å². The van der Waals surface area contributed by atoms with Crippen LogP contribution in [0.5, 0.6) is 5.75 Å². The van der Waals surface area contributed by atoms with E-state index in [1.165, 1.54) is 0 Å². The van der Waals surface area contributed by atoms with E-state index in [0.29, 0.717) is 36.6 Å². The maximum absolute atomic E-state index is 12.2. The van der Waals surface area contributed by atoms with Gasteiger partial charge in [-0.15, -0.1) is 0 Å². The van der Waals surface area contributed by atoms with E-state index in [2.05, 4.69) is 15.6 Å². The summed E-state index contributed by atoms with van der Waals surface area (Å²) in [6, 6.07) is 18.0. The third-order valence-corrected chi connectivity index (χ3v) is 5.11. The molecule has 1 atom stereocenters. The molecule has 0 spiro atoms. The molecule has 3 aromatic rings. The molecule has 1 heterocycles. The first-order valence-corrected chi connectivity index (χ1v) is 10.8. The second-order valence-corrected chi connectivity index (χ2v) is 7.81. The van der Waals surface area contributed by atoms with Crippen molar-refractivity contribution in [2.75, 3.05) is 6.54 Å². The molecule has 0 aliphatic carbocycles. The average molecular weight is 452 g/mol. The molecule has 0 saturated heterocycles. The van der Waals surface area contributed by atoms with E-state index in [4.69, 9.17) is 16.3 Å². The minimum absolute atomic E-state index is 0.0600. The van der Waals surface area contributed by atoms with Crippen molar-refractivity contribution >= 4 is 23.4 Å². The zero-order chi connectivity index (χ0) is 22.8. The van der Waals surface area contributed by atoms with Crippen molar-refractivity contribution in [3.8, 4) is 5.75 Å². The molecule has 32 heavy (non-hydrogen) atoms. The third-order valence-electron chi connectivity index (χ3n) is 4.86. The van der Waals surface area contributed by atoms with Gasteiger partial charge in [0, 0.05) is 41.5 Å². The fourth-order valence-electron chi connectivity index (χ4n) is 3.05. The summed E-state index contributed by atoms with van der Waals surface area (Å²) in [5.41, 5.74) is 2.53. The zero-order valence-electron chi connectivity index (χ0n) is 17.9. The van der Waals surface area contributed by atoms with Crippen LogP contribution >= 0.6 is 11.6 Å². The average Bonchev–Trinajstić information content (AvgIpc) is 2.82. The monoisotopic (exact) mass is 451 g/mol. The van der Waals surface area contributed by atoms with Gasteiger partial charge in [-0.3, -0.25) is 14.6 Å². The number of amides is 2. The number of pyridine rings is 1. The normalized spacial score (nSPS) is 11.4. The second-order valence-electron chi connectivity index (χ2n) is 7.37. The third kappa shape index (κ3) is 7.39. The number of nitrogens with one attached hydrogen (secondary N) is 2. The van der Waals surface area contributed by atoms with Gasteiger partial charge in [0.15, 0.2) is 0 Å². The summed E-state index contributed by atoms with van der Waals surface area (Å²) in [6.07, 6.45) is 4.39. The lowest BCUT2D eigenvalue weighted by molar-refractivity contribution is -0.121. The molecule has 0 saturated carbocycles. The summed E-state index contributed by atoms with van der Waals surface area (Å²) in [7, 11) is 0. The van der Waals surface area contributed by atoms with Crippen LogP contribution in [0.25, 0.3) is 0 Å². The van der Waals surface area contributed by atoms with Crippen LogP contribution in [0.2, 0.25) is 5.02 Å². The fraction of sp³-hybridized carbons (Fsp3) is 0.240. The molecule has 2 N–H and O–H groups in total. The summed E-state index contributed by atoms with van der Waals surface area (Å²) in [6.45, 7) is 2.81. The van der Waals surface area contributed by atoms with Crippen LogP contribution in [0.15, 0.2) is 73.1 Å². The van der Waals surface area contributed by atoms with Gasteiger partial charge in [0.1, 0.15) is 12.4 Å². The minimum Gasteiger partial charge on any atom is -0.489 e. The van der Waals surface area contributed by atoms with Gasteiger partial charge in [0.2, 0.25) is 5.91 Å². The summed E-state index contributed by atoms with van der Waals surface area (Å²) in [5.74, 6) is 0.518. The highest BCUT2D eigenvalue weighted by molar-refractivity contribution is 6.30. The van der Waals surface area contributed by atoms with Crippen molar-refractivity contribution in [3.63, 3.8) is 0 Å². The molecule has 0 aliphatic rings. The molecule has 3 rings (SSSR count). The number of aromatic nitrogens is 1. The lowest BCUT2D eigenvalue weighted by Crippen LogP contribution is -2.29. The zero-order valence-corrected chi connectivity index (χ0v) is 18.6. The maximum Gasteiger partial charge on any atom is 0.251 e. The number of halogens is 1. The van der Waals surface area contributed by atoms with Crippen LogP contribution in [-0.2, 0) is 11.4 Å². The number of benzene rings is 2. The Labute approximate surface area is 193 Å². The molecule has 6 nitrogen and oxygen atoms in total. The van der Waals surface area contributed by atoms with Gasteiger partial charge >= 0.3 is 0 Å². The lowest BCUT2D eigenvalue weighted by Gasteiger charge is -2.15. The molecule has 2 aromatic carbocycles. The second kappa shape index (κ2) is 11.9. The standard InChI is InChI=1S/C25H26ClN3O3/c1-18(20-8-12-23(13-9-20)32-17-19-4-2-14-27-16-19)29-24(30)5-3-15-28-25(31)21-6-10-22(26)11-7-21/h2,4,6-14,16,18H,3,5,15,17H2,1H3,(H,28,31)(H,29,30)/t18-/m1/s1. The number of nitrogens with zero attached hydrogens (tertiary/aromatic N) is 1. The molecule has 0 bridgehead atoms. The van der Waals surface area contributed by atoms with Gasteiger partial charge in [-0.05, 0) is 61.4 Å². The highest BCUT2D eigenvalue weighted by Gasteiger charge is 2.10. The van der Waals surface area contributed by atoms with E-state index in [1.807, 2.05) is 43.3 Å². The minimum atomic E-state index is -0.179. The van der Waals surface area contributed by atoms with E-state index in [-0.39, 0.29) is 17.9 Å². The van der Waals surface area contributed by atoms with Gasteiger partial charge in [-0.1, -0.05) is 29.8 Å². The summed E-state index contributed by atoms with van der Waals surface area (Å²) in [5, 5.41) is 6.38. The Bertz CT molecular complexity index is 1010. The number of ether oxygens (including phenoxy) is 1. The van der Waals surface area contributed by atoms with Gasteiger partial charge in [-0.2, -0.15) is 0 Å². The number of rotatable bonds is 10. The molecule has 0 unspecified atom stereocenters. The predicted molar refractivity (Wildman–Crippen MR) is 125 cm³/mol. The van der Waals surface area contributed by atoms with Crippen molar-refractivity contribution in [1.29, 1.82) is 0 Å². The molecule has 0 aliphatic heterocycles. The van der Waals surface area contributed by atoms with Crippen molar-refractivity contribution in [2.45, 2.75) is 32.4 Å². The topological polar surface area (TPSA) is 80.3 Å². The first-order chi connectivity index (χ1) is 15.5. The van der Waals surface area contributed by atoms with Crippen molar-refractivity contribution in [2.24, 2.45) is 0 Å². The van der Waals surface area contributed by atoms with Gasteiger partial charge < -0.3 is 15.4 Å². The Morgan fingerprint density at radius 3 is 2.50 bits per heavy atom. The van der Waals surface area contributed by atoms with E-state index in [9.17, 15) is 9.59 Å². The molecular weight excluding hydrogens is 426 g/mol. The quantitative estimate of drug-likeness (QED) is 0.438. The van der Waals surface area contributed by atoms with Crippen LogP contribution < -0.4 is 15.4 Å². The highest BCUT2D eigenvalue weighted by atomic mass is 35.5. The Kier molecular flexibility index (Phi) is 8.63. The molecule has 1 aromatic heterocycles. The number of hydrogen-bond acceptors (Lipinski definition) is 4. The Balaban J connectivity index is 1.36. The van der Waals surface area contributed by atoms with E-state index < -0.39 is 0 Å². The fourth-order valence-corrected chi connectivity index (χ4v) is 3.18. The predicted octanol–water partition coefficient (Wildman–Crippen LogP) is 4.70. The van der Waals surface area contributed by atoms with Gasteiger partial charge in [-0.25, -0.2) is 0 Å². The van der Waals surface area contributed by atoms with E-state index in [0.717, 1.165) is 16.9 Å². The van der Waals surface area contributed by atoms with Crippen LogP contribution in [0, 0.1) is 0 Å². The largest absolute Gasteiger partial charge is 0.489 e. The van der Waals surface area contributed by atoms with E-state index >= 15 is 0 Å². The van der Waals surface area contributed by atoms with Gasteiger partial charge in [0.05, 0.1) is 6.04 Å². The smallest absolute Gasteiger partial charge is 0.251 e. The van der Waals surface area contributed by atoms with Crippen LogP contribution in [0.3, 0.4) is 0 Å².